The highest BCUT2D eigenvalue weighted by Crippen LogP contribution is 2.07. The minimum absolute atomic E-state index is 0.0338. The van der Waals surface area contributed by atoms with Crippen LogP contribution in [0.2, 0.25) is 0 Å². The van der Waals surface area contributed by atoms with Crippen molar-refractivity contribution in [3.63, 3.8) is 0 Å². The standard InChI is InChI=1S/C9H16O4/c1-5-12-8(4)13-7(3)6(2)9(10)11/h7-8H,2,5H2,1,3-4H3,(H,10,11). The lowest BCUT2D eigenvalue weighted by Gasteiger charge is -2.18. The first kappa shape index (κ1) is 12.1. The summed E-state index contributed by atoms with van der Waals surface area (Å²) in [5.74, 6) is -1.05. The van der Waals surface area contributed by atoms with Crippen LogP contribution in [0, 0.1) is 0 Å². The minimum atomic E-state index is -1.05. The molecule has 0 aromatic rings. The lowest BCUT2D eigenvalue weighted by molar-refractivity contribution is -0.151. The Bertz CT molecular complexity index is 188. The molecule has 2 unspecified atom stereocenters. The number of hydrogen-bond donors (Lipinski definition) is 1. The number of ether oxygens (including phenoxy) is 2. The maximum absolute atomic E-state index is 10.5. The van der Waals surface area contributed by atoms with Gasteiger partial charge < -0.3 is 14.6 Å². The van der Waals surface area contributed by atoms with Crippen LogP contribution in [0.15, 0.2) is 12.2 Å². The Morgan fingerprint density at radius 1 is 1.54 bits per heavy atom. The molecule has 0 bridgehead atoms. The van der Waals surface area contributed by atoms with Gasteiger partial charge >= 0.3 is 5.97 Å². The van der Waals surface area contributed by atoms with Crippen molar-refractivity contribution in [2.45, 2.75) is 33.2 Å². The molecule has 0 spiro atoms. The zero-order valence-corrected chi connectivity index (χ0v) is 8.24. The van der Waals surface area contributed by atoms with E-state index < -0.39 is 18.4 Å². The summed E-state index contributed by atoms with van der Waals surface area (Å²) in [6, 6.07) is 0. The highest BCUT2D eigenvalue weighted by molar-refractivity contribution is 5.86. The fraction of sp³-hybridized carbons (Fsp3) is 0.667. The van der Waals surface area contributed by atoms with Crippen molar-refractivity contribution < 1.29 is 19.4 Å². The third-order valence-electron chi connectivity index (χ3n) is 1.56. The third kappa shape index (κ3) is 4.65. The SMILES string of the molecule is C=C(C(=O)O)C(C)OC(C)OCC. The molecular weight excluding hydrogens is 172 g/mol. The molecule has 13 heavy (non-hydrogen) atoms. The average molecular weight is 188 g/mol. The monoisotopic (exact) mass is 188 g/mol. The van der Waals surface area contributed by atoms with Crippen LogP contribution in [0.3, 0.4) is 0 Å². The second kappa shape index (κ2) is 5.72. The van der Waals surface area contributed by atoms with E-state index >= 15 is 0 Å². The van der Waals surface area contributed by atoms with Crippen LogP contribution in [0.4, 0.5) is 0 Å². The quantitative estimate of drug-likeness (QED) is 0.506. The predicted octanol–water partition coefficient (Wildman–Crippen LogP) is 1.41. The molecule has 0 saturated carbocycles. The highest BCUT2D eigenvalue weighted by Gasteiger charge is 2.16. The largest absolute Gasteiger partial charge is 0.478 e. The van der Waals surface area contributed by atoms with Gasteiger partial charge in [-0.3, -0.25) is 0 Å². The summed E-state index contributed by atoms with van der Waals surface area (Å²) in [7, 11) is 0. The van der Waals surface area contributed by atoms with Gasteiger partial charge in [-0.2, -0.15) is 0 Å². The van der Waals surface area contributed by atoms with E-state index in [9.17, 15) is 4.79 Å². The Kier molecular flexibility index (Phi) is 5.34. The van der Waals surface area contributed by atoms with Crippen LogP contribution in [0.25, 0.3) is 0 Å². The van der Waals surface area contributed by atoms with E-state index in [1.165, 1.54) is 0 Å². The minimum Gasteiger partial charge on any atom is -0.478 e. The van der Waals surface area contributed by atoms with Crippen LogP contribution in [0.5, 0.6) is 0 Å². The van der Waals surface area contributed by atoms with Crippen LogP contribution in [-0.2, 0) is 14.3 Å². The number of carboxylic acids is 1. The van der Waals surface area contributed by atoms with Crippen LogP contribution in [-0.4, -0.2) is 30.1 Å². The van der Waals surface area contributed by atoms with Gasteiger partial charge in [0.05, 0.1) is 11.7 Å². The molecule has 0 radical (unpaired) electrons. The van der Waals surface area contributed by atoms with Crippen molar-refractivity contribution in [1.82, 2.24) is 0 Å². The summed E-state index contributed by atoms with van der Waals surface area (Å²) < 4.78 is 10.3. The summed E-state index contributed by atoms with van der Waals surface area (Å²) in [5.41, 5.74) is 0.0338. The summed E-state index contributed by atoms with van der Waals surface area (Å²) in [6.45, 7) is 9.11. The molecule has 0 aliphatic carbocycles. The van der Waals surface area contributed by atoms with Gasteiger partial charge in [-0.05, 0) is 20.8 Å². The van der Waals surface area contributed by atoms with Crippen molar-refractivity contribution in [3.8, 4) is 0 Å². The highest BCUT2D eigenvalue weighted by atomic mass is 16.7. The number of carbonyl (C=O) groups is 1. The van der Waals surface area contributed by atoms with E-state index in [4.69, 9.17) is 14.6 Å². The molecule has 76 valence electrons. The van der Waals surface area contributed by atoms with Gasteiger partial charge in [-0.15, -0.1) is 0 Å². The van der Waals surface area contributed by atoms with Crippen molar-refractivity contribution in [2.24, 2.45) is 0 Å². The van der Waals surface area contributed by atoms with Crippen molar-refractivity contribution in [1.29, 1.82) is 0 Å². The van der Waals surface area contributed by atoms with E-state index in [-0.39, 0.29) is 5.57 Å². The smallest absolute Gasteiger partial charge is 0.333 e. The van der Waals surface area contributed by atoms with E-state index in [2.05, 4.69) is 6.58 Å². The Hall–Kier alpha value is -0.870. The number of hydrogen-bond acceptors (Lipinski definition) is 3. The maximum atomic E-state index is 10.5. The molecule has 1 N–H and O–H groups in total. The second-order valence-corrected chi connectivity index (χ2v) is 2.63. The Morgan fingerprint density at radius 3 is 2.46 bits per heavy atom. The molecule has 2 atom stereocenters. The molecule has 0 amide bonds. The summed E-state index contributed by atoms with van der Waals surface area (Å²) >= 11 is 0. The zero-order valence-electron chi connectivity index (χ0n) is 8.24. The molecule has 0 rings (SSSR count). The summed E-state index contributed by atoms with van der Waals surface area (Å²) in [5, 5.41) is 8.57. The molecule has 0 aliphatic heterocycles. The normalized spacial score (nSPS) is 15.0. The maximum Gasteiger partial charge on any atom is 0.333 e. The topological polar surface area (TPSA) is 55.8 Å². The molecule has 0 heterocycles. The van der Waals surface area contributed by atoms with Gasteiger partial charge in [0.2, 0.25) is 0 Å². The second-order valence-electron chi connectivity index (χ2n) is 2.63. The van der Waals surface area contributed by atoms with Gasteiger partial charge in [0.1, 0.15) is 0 Å². The fourth-order valence-electron chi connectivity index (χ4n) is 0.817. The lowest BCUT2D eigenvalue weighted by atomic mass is 10.2. The van der Waals surface area contributed by atoms with Crippen molar-refractivity contribution in [3.05, 3.63) is 12.2 Å². The van der Waals surface area contributed by atoms with Gasteiger partial charge in [0.15, 0.2) is 6.29 Å². The summed E-state index contributed by atoms with van der Waals surface area (Å²) in [6.07, 6.45) is -0.935. The first-order valence-corrected chi connectivity index (χ1v) is 4.18. The molecule has 0 saturated heterocycles. The van der Waals surface area contributed by atoms with Crippen LogP contribution in [0.1, 0.15) is 20.8 Å². The van der Waals surface area contributed by atoms with Gasteiger partial charge in [0.25, 0.3) is 0 Å². The van der Waals surface area contributed by atoms with E-state index in [0.717, 1.165) is 0 Å². The van der Waals surface area contributed by atoms with E-state index in [1.54, 1.807) is 13.8 Å². The van der Waals surface area contributed by atoms with Crippen molar-refractivity contribution in [2.75, 3.05) is 6.61 Å². The molecule has 4 nitrogen and oxygen atoms in total. The third-order valence-corrected chi connectivity index (χ3v) is 1.56. The predicted molar refractivity (Wildman–Crippen MR) is 48.4 cm³/mol. The van der Waals surface area contributed by atoms with Gasteiger partial charge in [-0.1, -0.05) is 6.58 Å². The average Bonchev–Trinajstić information content (AvgIpc) is 2.03. The van der Waals surface area contributed by atoms with Crippen LogP contribution < -0.4 is 0 Å². The number of carboxylic acid groups (broad SMARTS) is 1. The van der Waals surface area contributed by atoms with Crippen LogP contribution >= 0.6 is 0 Å². The number of rotatable bonds is 6. The van der Waals surface area contributed by atoms with E-state index in [1.807, 2.05) is 6.92 Å². The Morgan fingerprint density at radius 2 is 2.08 bits per heavy atom. The first-order valence-electron chi connectivity index (χ1n) is 4.18. The van der Waals surface area contributed by atoms with Crippen molar-refractivity contribution >= 4 is 5.97 Å². The molecule has 0 aromatic carbocycles. The Labute approximate surface area is 78.2 Å². The molecule has 4 heteroatoms. The molecular formula is C9H16O4. The number of aliphatic carboxylic acids is 1. The first-order chi connectivity index (χ1) is 5.99. The lowest BCUT2D eigenvalue weighted by Crippen LogP contribution is -2.24. The Balaban J connectivity index is 3.92. The zero-order chi connectivity index (χ0) is 10.4. The summed E-state index contributed by atoms with van der Waals surface area (Å²) in [4.78, 5) is 10.5. The van der Waals surface area contributed by atoms with Gasteiger partial charge in [-0.25, -0.2) is 4.79 Å². The van der Waals surface area contributed by atoms with Gasteiger partial charge in [0, 0.05) is 6.61 Å². The van der Waals surface area contributed by atoms with E-state index in [0.29, 0.717) is 6.61 Å². The molecule has 0 aromatic heterocycles. The molecule has 0 aliphatic rings. The fourth-order valence-corrected chi connectivity index (χ4v) is 0.817. The molecule has 0 fully saturated rings.